The number of carbonyl (C=O) groups excluding carboxylic acids is 1. The summed E-state index contributed by atoms with van der Waals surface area (Å²) in [6.07, 6.45) is 5.39. The lowest BCUT2D eigenvalue weighted by Gasteiger charge is -2.33. The number of amides is 1. The number of hydrogen-bond acceptors (Lipinski definition) is 5. The summed E-state index contributed by atoms with van der Waals surface area (Å²) in [5.74, 6) is 0.655. The fourth-order valence-corrected chi connectivity index (χ4v) is 4.57. The van der Waals surface area contributed by atoms with Crippen molar-refractivity contribution in [3.63, 3.8) is 0 Å². The van der Waals surface area contributed by atoms with Crippen molar-refractivity contribution in [1.29, 1.82) is 0 Å². The van der Waals surface area contributed by atoms with Gasteiger partial charge in [-0.1, -0.05) is 19.3 Å². The molecule has 1 saturated carbocycles. The van der Waals surface area contributed by atoms with E-state index in [-0.39, 0.29) is 29.1 Å². The molecular formula is C18H28N2O5S. The Morgan fingerprint density at radius 1 is 1.19 bits per heavy atom. The molecule has 0 heterocycles. The summed E-state index contributed by atoms with van der Waals surface area (Å²) in [4.78, 5) is 13.8. The fourth-order valence-electron chi connectivity index (χ4n) is 3.36. The van der Waals surface area contributed by atoms with Gasteiger partial charge in [-0.3, -0.25) is 4.79 Å². The topological polar surface area (TPSA) is 84.9 Å². The summed E-state index contributed by atoms with van der Waals surface area (Å²) in [5, 5.41) is 0. The van der Waals surface area contributed by atoms with Crippen molar-refractivity contribution in [2.24, 2.45) is 0 Å². The lowest BCUT2D eigenvalue weighted by molar-refractivity contribution is -0.131. The quantitative estimate of drug-likeness (QED) is 0.742. The minimum absolute atomic E-state index is 0.0185. The SMILES string of the molecule is COc1ccc(OC)c(S(=O)(=O)NCCN(C(C)=O)C2CCCCC2)c1. The van der Waals surface area contributed by atoms with Crippen LogP contribution in [0.15, 0.2) is 23.1 Å². The monoisotopic (exact) mass is 384 g/mol. The van der Waals surface area contributed by atoms with Gasteiger partial charge < -0.3 is 14.4 Å². The molecule has 7 nitrogen and oxygen atoms in total. The second kappa shape index (κ2) is 9.23. The molecule has 1 aliphatic carbocycles. The van der Waals surface area contributed by atoms with Crippen molar-refractivity contribution < 1.29 is 22.7 Å². The molecule has 0 aliphatic heterocycles. The maximum absolute atomic E-state index is 12.7. The van der Waals surface area contributed by atoms with E-state index >= 15 is 0 Å². The van der Waals surface area contributed by atoms with Gasteiger partial charge in [0.1, 0.15) is 16.4 Å². The van der Waals surface area contributed by atoms with Crippen LogP contribution in [-0.2, 0) is 14.8 Å². The summed E-state index contributed by atoms with van der Waals surface area (Å²) < 4.78 is 38.1. The van der Waals surface area contributed by atoms with Gasteiger partial charge in [0, 0.05) is 32.1 Å². The number of nitrogens with zero attached hydrogens (tertiary/aromatic N) is 1. The summed E-state index contributed by atoms with van der Waals surface area (Å²) in [6.45, 7) is 2.04. The van der Waals surface area contributed by atoms with Gasteiger partial charge in [-0.05, 0) is 25.0 Å². The first-order valence-corrected chi connectivity index (χ1v) is 10.4. The fraction of sp³-hybridized carbons (Fsp3) is 0.611. The minimum atomic E-state index is -3.78. The maximum Gasteiger partial charge on any atom is 0.244 e. The van der Waals surface area contributed by atoms with Crippen molar-refractivity contribution in [1.82, 2.24) is 9.62 Å². The van der Waals surface area contributed by atoms with E-state index in [1.165, 1.54) is 33.6 Å². The van der Waals surface area contributed by atoms with Gasteiger partial charge in [0.15, 0.2) is 0 Å². The van der Waals surface area contributed by atoms with E-state index in [1.54, 1.807) is 17.0 Å². The molecule has 0 saturated heterocycles. The van der Waals surface area contributed by atoms with Crippen LogP contribution in [0.2, 0.25) is 0 Å². The average molecular weight is 384 g/mol. The maximum atomic E-state index is 12.7. The van der Waals surface area contributed by atoms with Crippen LogP contribution < -0.4 is 14.2 Å². The normalized spacial score (nSPS) is 15.5. The number of hydrogen-bond donors (Lipinski definition) is 1. The third kappa shape index (κ3) is 5.11. The van der Waals surface area contributed by atoms with Crippen LogP contribution in [0.25, 0.3) is 0 Å². The minimum Gasteiger partial charge on any atom is -0.497 e. The Labute approximate surface area is 155 Å². The third-order valence-electron chi connectivity index (χ3n) is 4.73. The predicted molar refractivity (Wildman–Crippen MR) is 99.0 cm³/mol. The molecule has 26 heavy (non-hydrogen) atoms. The van der Waals surface area contributed by atoms with Crippen LogP contribution in [0.5, 0.6) is 11.5 Å². The van der Waals surface area contributed by atoms with Gasteiger partial charge in [-0.15, -0.1) is 0 Å². The molecule has 0 aromatic heterocycles. The van der Waals surface area contributed by atoms with E-state index in [4.69, 9.17) is 9.47 Å². The number of rotatable bonds is 8. The highest BCUT2D eigenvalue weighted by molar-refractivity contribution is 7.89. The molecule has 1 aromatic carbocycles. The van der Waals surface area contributed by atoms with Crippen LogP contribution in [-0.4, -0.2) is 52.6 Å². The smallest absolute Gasteiger partial charge is 0.244 e. The Balaban J connectivity index is 2.06. The molecule has 0 spiro atoms. The zero-order valence-corrected chi connectivity index (χ0v) is 16.5. The molecule has 1 N–H and O–H groups in total. The summed E-state index contributed by atoms with van der Waals surface area (Å²) >= 11 is 0. The van der Waals surface area contributed by atoms with E-state index in [9.17, 15) is 13.2 Å². The van der Waals surface area contributed by atoms with Gasteiger partial charge in [0.25, 0.3) is 0 Å². The molecule has 146 valence electrons. The molecule has 1 aromatic rings. The zero-order valence-electron chi connectivity index (χ0n) is 15.7. The molecule has 1 aliphatic rings. The molecule has 1 amide bonds. The molecular weight excluding hydrogens is 356 g/mol. The van der Waals surface area contributed by atoms with Crippen molar-refractivity contribution in [3.05, 3.63) is 18.2 Å². The highest BCUT2D eigenvalue weighted by atomic mass is 32.2. The lowest BCUT2D eigenvalue weighted by atomic mass is 9.94. The largest absolute Gasteiger partial charge is 0.497 e. The summed E-state index contributed by atoms with van der Waals surface area (Å²) in [7, 11) is -0.890. The second-order valence-corrected chi connectivity index (χ2v) is 8.15. The average Bonchev–Trinajstić information content (AvgIpc) is 2.65. The van der Waals surface area contributed by atoms with Crippen LogP contribution in [0.4, 0.5) is 0 Å². The molecule has 0 bridgehead atoms. The van der Waals surface area contributed by atoms with Crippen LogP contribution >= 0.6 is 0 Å². The number of sulfonamides is 1. The van der Waals surface area contributed by atoms with Gasteiger partial charge in [-0.25, -0.2) is 13.1 Å². The van der Waals surface area contributed by atoms with Gasteiger partial charge in [0.05, 0.1) is 14.2 Å². The van der Waals surface area contributed by atoms with Crippen molar-refractivity contribution in [2.75, 3.05) is 27.3 Å². The Hall–Kier alpha value is -1.80. The van der Waals surface area contributed by atoms with Crippen molar-refractivity contribution >= 4 is 15.9 Å². The highest BCUT2D eigenvalue weighted by Gasteiger charge is 2.25. The highest BCUT2D eigenvalue weighted by Crippen LogP contribution is 2.28. The molecule has 1 fully saturated rings. The van der Waals surface area contributed by atoms with E-state index in [0.717, 1.165) is 25.7 Å². The Morgan fingerprint density at radius 3 is 2.46 bits per heavy atom. The molecule has 0 unspecified atom stereocenters. The summed E-state index contributed by atoms with van der Waals surface area (Å²) in [6, 6.07) is 4.82. The van der Waals surface area contributed by atoms with E-state index in [2.05, 4.69) is 4.72 Å². The van der Waals surface area contributed by atoms with Gasteiger partial charge >= 0.3 is 0 Å². The molecule has 2 rings (SSSR count). The molecule has 0 atom stereocenters. The predicted octanol–water partition coefficient (Wildman–Crippen LogP) is 2.16. The van der Waals surface area contributed by atoms with Crippen LogP contribution in [0.1, 0.15) is 39.0 Å². The van der Waals surface area contributed by atoms with Crippen LogP contribution in [0, 0.1) is 0 Å². The number of nitrogens with one attached hydrogen (secondary N) is 1. The first-order valence-electron chi connectivity index (χ1n) is 8.88. The molecule has 8 heteroatoms. The summed E-state index contributed by atoms with van der Waals surface area (Å²) in [5.41, 5.74) is 0. The standard InChI is InChI=1S/C18H28N2O5S/c1-14(21)20(15-7-5-4-6-8-15)12-11-19-26(22,23)18-13-16(24-2)9-10-17(18)25-3/h9-10,13,15,19H,4-8,11-12H2,1-3H3. The van der Waals surface area contributed by atoms with Gasteiger partial charge in [0.2, 0.25) is 15.9 Å². The number of carbonyl (C=O) groups is 1. The van der Waals surface area contributed by atoms with E-state index < -0.39 is 10.0 Å². The van der Waals surface area contributed by atoms with E-state index in [1.807, 2.05) is 0 Å². The lowest BCUT2D eigenvalue weighted by Crippen LogP contribution is -2.44. The van der Waals surface area contributed by atoms with Crippen LogP contribution in [0.3, 0.4) is 0 Å². The number of methoxy groups -OCH3 is 2. The Morgan fingerprint density at radius 2 is 1.88 bits per heavy atom. The molecule has 0 radical (unpaired) electrons. The Bertz CT molecular complexity index is 714. The number of benzene rings is 1. The van der Waals surface area contributed by atoms with Gasteiger partial charge in [-0.2, -0.15) is 0 Å². The van der Waals surface area contributed by atoms with Crippen molar-refractivity contribution in [3.8, 4) is 11.5 Å². The zero-order chi connectivity index (χ0) is 19.2. The Kier molecular flexibility index (Phi) is 7.28. The van der Waals surface area contributed by atoms with Crippen molar-refractivity contribution in [2.45, 2.75) is 50.0 Å². The first kappa shape index (κ1) is 20.5. The third-order valence-corrected chi connectivity index (χ3v) is 6.21. The van der Waals surface area contributed by atoms with E-state index in [0.29, 0.717) is 12.3 Å². The number of ether oxygens (including phenoxy) is 2. The second-order valence-electron chi connectivity index (χ2n) is 6.42. The first-order chi connectivity index (χ1) is 12.4.